The fourth-order valence-corrected chi connectivity index (χ4v) is 3.88. The lowest BCUT2D eigenvalue weighted by molar-refractivity contribution is -0.130. The Kier molecular flexibility index (Phi) is 6.77. The molecule has 2 N–H and O–H groups in total. The minimum absolute atomic E-state index is 0.00505. The molecule has 1 amide bonds. The molecule has 1 aromatic rings. The summed E-state index contributed by atoms with van der Waals surface area (Å²) in [6.07, 6.45) is 4.37. The maximum Gasteiger partial charge on any atom is 0.261 e. The summed E-state index contributed by atoms with van der Waals surface area (Å²) in [6.45, 7) is 14.8. The summed E-state index contributed by atoms with van der Waals surface area (Å²) in [7, 11) is 1.65. The van der Waals surface area contributed by atoms with Gasteiger partial charge in [-0.3, -0.25) is 14.7 Å². The predicted octanol–water partition coefficient (Wildman–Crippen LogP) is 3.33. The Bertz CT molecular complexity index is 815. The summed E-state index contributed by atoms with van der Waals surface area (Å²) in [5, 5.41) is 0. The second-order valence-electron chi connectivity index (χ2n) is 7.49. The van der Waals surface area contributed by atoms with E-state index in [0.717, 1.165) is 16.8 Å². The number of aliphatic imine (C=N–C) groups is 1. The van der Waals surface area contributed by atoms with Crippen LogP contribution in [0.25, 0.3) is 5.57 Å². The van der Waals surface area contributed by atoms with Crippen molar-refractivity contribution in [3.63, 3.8) is 0 Å². The molecule has 2 heterocycles. The normalized spacial score (nSPS) is 22.2. The van der Waals surface area contributed by atoms with Crippen LogP contribution in [0.5, 0.6) is 0 Å². The summed E-state index contributed by atoms with van der Waals surface area (Å²) in [4.78, 5) is 23.6. The average molecular weight is 385 g/mol. The summed E-state index contributed by atoms with van der Waals surface area (Å²) in [6, 6.07) is 3.91. The van der Waals surface area contributed by atoms with E-state index in [1.165, 1.54) is 4.90 Å². The number of pyridine rings is 1. The van der Waals surface area contributed by atoms with Gasteiger partial charge in [0.2, 0.25) is 0 Å². The first-order chi connectivity index (χ1) is 13.1. The number of hydrogen-bond donors (Lipinski definition) is 1. The SMILES string of the molecule is C=C(/C=C(\C)c1cccnc1C)C1([C@H](C)CC(C)OCC)N=C(N)N(C)C1=O. The van der Waals surface area contributed by atoms with Gasteiger partial charge in [-0.2, -0.15) is 0 Å². The number of ether oxygens (including phenoxy) is 1. The van der Waals surface area contributed by atoms with Gasteiger partial charge in [0.25, 0.3) is 5.91 Å². The number of carbonyl (C=O) groups is 1. The Hall–Kier alpha value is -2.47. The van der Waals surface area contributed by atoms with Gasteiger partial charge in [0.15, 0.2) is 11.5 Å². The molecule has 0 bridgehead atoms. The van der Waals surface area contributed by atoms with Crippen molar-refractivity contribution in [2.75, 3.05) is 13.7 Å². The second-order valence-corrected chi connectivity index (χ2v) is 7.49. The van der Waals surface area contributed by atoms with Crippen LogP contribution in [0, 0.1) is 12.8 Å². The number of likely N-dealkylation sites (N-methyl/N-ethyl adjacent to an activating group) is 1. The molecule has 2 unspecified atom stereocenters. The zero-order valence-electron chi connectivity index (χ0n) is 17.8. The van der Waals surface area contributed by atoms with Crippen molar-refractivity contribution < 1.29 is 9.53 Å². The Morgan fingerprint density at radius 3 is 2.68 bits per heavy atom. The molecule has 0 aliphatic carbocycles. The number of amides is 1. The first-order valence-corrected chi connectivity index (χ1v) is 9.69. The Balaban J connectivity index is 2.45. The largest absolute Gasteiger partial charge is 0.379 e. The number of allylic oxidation sites excluding steroid dienone is 1. The zero-order valence-corrected chi connectivity index (χ0v) is 17.8. The van der Waals surface area contributed by atoms with Crippen LogP contribution in [0.2, 0.25) is 0 Å². The number of hydrogen-bond acceptors (Lipinski definition) is 5. The van der Waals surface area contributed by atoms with E-state index in [4.69, 9.17) is 10.5 Å². The number of nitrogens with zero attached hydrogens (tertiary/aromatic N) is 3. The van der Waals surface area contributed by atoms with Gasteiger partial charge >= 0.3 is 0 Å². The molecule has 0 saturated heterocycles. The highest BCUT2D eigenvalue weighted by molar-refractivity contribution is 6.09. The number of aromatic nitrogens is 1. The van der Waals surface area contributed by atoms with Crippen LogP contribution in [-0.4, -0.2) is 47.0 Å². The van der Waals surface area contributed by atoms with Crippen molar-refractivity contribution in [1.29, 1.82) is 0 Å². The fourth-order valence-electron chi connectivity index (χ4n) is 3.88. The lowest BCUT2D eigenvalue weighted by atomic mass is 9.75. The summed E-state index contributed by atoms with van der Waals surface area (Å²) < 4.78 is 5.69. The van der Waals surface area contributed by atoms with Gasteiger partial charge in [-0.05, 0) is 62.8 Å². The van der Waals surface area contributed by atoms with Gasteiger partial charge in [0, 0.05) is 25.5 Å². The van der Waals surface area contributed by atoms with Crippen LogP contribution in [0.3, 0.4) is 0 Å². The highest BCUT2D eigenvalue weighted by atomic mass is 16.5. The van der Waals surface area contributed by atoms with Crippen molar-refractivity contribution in [2.45, 2.75) is 52.7 Å². The lowest BCUT2D eigenvalue weighted by Gasteiger charge is -2.33. The Labute approximate surface area is 168 Å². The van der Waals surface area contributed by atoms with E-state index in [1.807, 2.05) is 52.8 Å². The maximum atomic E-state index is 13.2. The predicted molar refractivity (Wildman–Crippen MR) is 114 cm³/mol. The first-order valence-electron chi connectivity index (χ1n) is 9.69. The van der Waals surface area contributed by atoms with E-state index < -0.39 is 5.54 Å². The molecule has 0 saturated carbocycles. The van der Waals surface area contributed by atoms with Gasteiger partial charge in [-0.25, -0.2) is 4.99 Å². The molecule has 0 fully saturated rings. The standard InChI is InChI=1S/C22H32N4O2/c1-8-28-17(5)13-16(4)22(20(27)26(7)21(23)25-22)15(3)12-14(2)19-10-9-11-24-18(19)6/h9-12,16-17H,3,8,13H2,1-2,4-7H3,(H2,23,25)/b14-12+/t16-,17?,22?/m1/s1. The van der Waals surface area contributed by atoms with Crippen LogP contribution in [0.15, 0.2) is 41.6 Å². The molecule has 1 aliphatic rings. The summed E-state index contributed by atoms with van der Waals surface area (Å²) in [5.74, 6) is -0.0690. The minimum Gasteiger partial charge on any atom is -0.379 e. The lowest BCUT2D eigenvalue weighted by Crippen LogP contribution is -2.47. The topological polar surface area (TPSA) is 80.8 Å². The Morgan fingerprint density at radius 1 is 1.46 bits per heavy atom. The van der Waals surface area contributed by atoms with Crippen molar-refractivity contribution >= 4 is 17.4 Å². The molecule has 3 atom stereocenters. The van der Waals surface area contributed by atoms with Crippen molar-refractivity contribution in [2.24, 2.45) is 16.6 Å². The van der Waals surface area contributed by atoms with Crippen molar-refractivity contribution in [3.05, 3.63) is 47.8 Å². The molecule has 6 heteroatoms. The van der Waals surface area contributed by atoms with Crippen molar-refractivity contribution in [3.8, 4) is 0 Å². The van der Waals surface area contributed by atoms with Gasteiger partial charge < -0.3 is 10.5 Å². The molecule has 1 aromatic heterocycles. The smallest absolute Gasteiger partial charge is 0.261 e. The first kappa shape index (κ1) is 21.8. The van der Waals surface area contributed by atoms with E-state index in [9.17, 15) is 4.79 Å². The molecule has 1 aliphatic heterocycles. The highest BCUT2D eigenvalue weighted by Crippen LogP contribution is 2.39. The van der Waals surface area contributed by atoms with E-state index in [0.29, 0.717) is 18.6 Å². The molecule has 2 rings (SSSR count). The van der Waals surface area contributed by atoms with Crippen molar-refractivity contribution in [1.82, 2.24) is 9.88 Å². The minimum atomic E-state index is -1.12. The van der Waals surface area contributed by atoms with E-state index in [-0.39, 0.29) is 23.9 Å². The highest BCUT2D eigenvalue weighted by Gasteiger charge is 2.52. The number of nitrogens with two attached hydrogens (primary N) is 1. The zero-order chi connectivity index (χ0) is 21.1. The van der Waals surface area contributed by atoms with E-state index >= 15 is 0 Å². The molecular weight excluding hydrogens is 352 g/mol. The van der Waals surface area contributed by atoms with Crippen LogP contribution >= 0.6 is 0 Å². The number of aryl methyl sites for hydroxylation is 1. The monoisotopic (exact) mass is 384 g/mol. The van der Waals surface area contributed by atoms with E-state index in [2.05, 4.69) is 16.6 Å². The maximum absolute atomic E-state index is 13.2. The molecule has 0 spiro atoms. The molecule has 6 nitrogen and oxygen atoms in total. The van der Waals surface area contributed by atoms with Crippen LogP contribution in [-0.2, 0) is 9.53 Å². The number of carbonyl (C=O) groups excluding carboxylic acids is 1. The number of rotatable bonds is 8. The molecule has 152 valence electrons. The molecule has 0 radical (unpaired) electrons. The quantitative estimate of drug-likeness (QED) is 0.697. The van der Waals surface area contributed by atoms with Gasteiger partial charge in [0.05, 0.1) is 6.10 Å². The number of guanidine groups is 1. The van der Waals surface area contributed by atoms with Crippen LogP contribution in [0.4, 0.5) is 0 Å². The van der Waals surface area contributed by atoms with Gasteiger partial charge in [-0.15, -0.1) is 0 Å². The second kappa shape index (κ2) is 8.69. The third-order valence-electron chi connectivity index (χ3n) is 5.43. The van der Waals surface area contributed by atoms with Gasteiger partial charge in [0.1, 0.15) is 0 Å². The summed E-state index contributed by atoms with van der Waals surface area (Å²) in [5.41, 5.74) is 8.46. The Morgan fingerprint density at radius 2 is 2.14 bits per heavy atom. The third kappa shape index (κ3) is 4.02. The van der Waals surface area contributed by atoms with Crippen LogP contribution < -0.4 is 5.73 Å². The molecular formula is C22H32N4O2. The van der Waals surface area contributed by atoms with Crippen LogP contribution in [0.1, 0.15) is 45.4 Å². The third-order valence-corrected chi connectivity index (χ3v) is 5.43. The average Bonchev–Trinajstić information content (AvgIpc) is 2.87. The fraction of sp³-hybridized carbons (Fsp3) is 0.500. The summed E-state index contributed by atoms with van der Waals surface area (Å²) >= 11 is 0. The van der Waals surface area contributed by atoms with Gasteiger partial charge in [-0.1, -0.05) is 25.6 Å². The molecule has 0 aromatic carbocycles. The van der Waals surface area contributed by atoms with E-state index in [1.54, 1.807) is 13.2 Å². The molecule has 28 heavy (non-hydrogen) atoms.